The molecule has 1 aromatic heterocycles. The van der Waals surface area contributed by atoms with Gasteiger partial charge in [0, 0.05) is 42.9 Å². The lowest BCUT2D eigenvalue weighted by molar-refractivity contribution is -0.134. The van der Waals surface area contributed by atoms with Crippen molar-refractivity contribution in [3.63, 3.8) is 0 Å². The van der Waals surface area contributed by atoms with Crippen LogP contribution in [0.3, 0.4) is 0 Å². The Hall–Kier alpha value is -2.77. The van der Waals surface area contributed by atoms with Crippen LogP contribution >= 0.6 is 0 Å². The van der Waals surface area contributed by atoms with E-state index in [4.69, 9.17) is 10.2 Å². The number of hydrogen-bond acceptors (Lipinski definition) is 5. The number of hydrogen-bond donors (Lipinski definition) is 3. The van der Waals surface area contributed by atoms with E-state index < -0.39 is 11.9 Å². The van der Waals surface area contributed by atoms with Gasteiger partial charge in [0.05, 0.1) is 5.52 Å². The van der Waals surface area contributed by atoms with Gasteiger partial charge in [-0.25, -0.2) is 9.59 Å². The quantitative estimate of drug-likeness (QED) is 0.599. The second-order valence-corrected chi connectivity index (χ2v) is 7.85. The number of nitrogens with zero attached hydrogens (tertiary/aromatic N) is 2. The maximum absolute atomic E-state index is 9.55. The Labute approximate surface area is 177 Å². The number of benzene rings is 1. The number of piperidine rings is 1. The van der Waals surface area contributed by atoms with E-state index in [9.17, 15) is 9.59 Å². The van der Waals surface area contributed by atoms with E-state index in [0.29, 0.717) is 24.1 Å². The first kappa shape index (κ1) is 23.5. The van der Waals surface area contributed by atoms with Gasteiger partial charge in [-0.05, 0) is 49.5 Å². The third-order valence-corrected chi connectivity index (χ3v) is 4.83. The number of carboxylic acid groups (broad SMARTS) is 2. The molecule has 7 nitrogen and oxygen atoms in total. The fraction of sp³-hybridized carbons (Fsp3) is 0.435. The molecule has 2 aromatic rings. The fourth-order valence-corrected chi connectivity index (χ4v) is 3.56. The van der Waals surface area contributed by atoms with Crippen LogP contribution in [0, 0.1) is 5.92 Å². The molecule has 0 radical (unpaired) electrons. The molecule has 30 heavy (non-hydrogen) atoms. The van der Waals surface area contributed by atoms with Crippen molar-refractivity contribution in [3.8, 4) is 0 Å². The molecule has 0 unspecified atom stereocenters. The summed E-state index contributed by atoms with van der Waals surface area (Å²) in [6.45, 7) is 9.10. The first-order valence-electron chi connectivity index (χ1n) is 10.3. The Bertz CT molecular complexity index is 844. The van der Waals surface area contributed by atoms with Gasteiger partial charge in [0.15, 0.2) is 0 Å². The van der Waals surface area contributed by atoms with Gasteiger partial charge in [-0.3, -0.25) is 9.88 Å². The van der Waals surface area contributed by atoms with Crippen molar-refractivity contribution in [1.29, 1.82) is 0 Å². The van der Waals surface area contributed by atoms with Crippen LogP contribution in [0.2, 0.25) is 0 Å². The van der Waals surface area contributed by atoms with Crippen LogP contribution in [0.1, 0.15) is 32.3 Å². The Morgan fingerprint density at radius 2 is 1.80 bits per heavy atom. The molecule has 1 aromatic carbocycles. The zero-order valence-electron chi connectivity index (χ0n) is 17.6. The molecule has 0 amide bonds. The molecule has 0 spiro atoms. The molecule has 3 rings (SSSR count). The lowest BCUT2D eigenvalue weighted by Gasteiger charge is -2.35. The third-order valence-electron chi connectivity index (χ3n) is 4.83. The second kappa shape index (κ2) is 12.0. The van der Waals surface area contributed by atoms with Gasteiger partial charge in [0.25, 0.3) is 0 Å². The molecule has 1 aliphatic heterocycles. The Morgan fingerprint density at radius 1 is 1.17 bits per heavy atom. The van der Waals surface area contributed by atoms with Crippen molar-refractivity contribution in [1.82, 2.24) is 15.2 Å². The van der Waals surface area contributed by atoms with Crippen molar-refractivity contribution in [2.45, 2.75) is 39.3 Å². The summed E-state index contributed by atoms with van der Waals surface area (Å²) in [5.41, 5.74) is 2.42. The van der Waals surface area contributed by atoms with Crippen LogP contribution < -0.4 is 5.32 Å². The number of para-hydroxylation sites is 1. The first-order chi connectivity index (χ1) is 14.3. The van der Waals surface area contributed by atoms with Gasteiger partial charge in [-0.15, -0.1) is 0 Å². The summed E-state index contributed by atoms with van der Waals surface area (Å²) in [4.78, 5) is 26.4. The highest BCUT2D eigenvalue weighted by Gasteiger charge is 2.21. The lowest BCUT2D eigenvalue weighted by Crippen LogP contribution is -2.44. The van der Waals surface area contributed by atoms with Crippen LogP contribution in [0.4, 0.5) is 0 Å². The van der Waals surface area contributed by atoms with E-state index in [-0.39, 0.29) is 0 Å². The standard InChI is InChI=1S/C19H27N3.C4H4O4/c1-15(2)13-22(18-7-9-20-10-8-18)14-16-11-17-5-3-4-6-19(17)21-12-16;5-3(6)1-2-4(7)8/h3-6,11-12,15,18,20H,7-10,13-14H2,1-2H3;1-2H,(H,5,6)(H,7,8)/b;2-1+. The topological polar surface area (TPSA) is 103 Å². The van der Waals surface area contributed by atoms with E-state index in [2.05, 4.69) is 65.6 Å². The summed E-state index contributed by atoms with van der Waals surface area (Å²) in [5, 5.41) is 20.3. The van der Waals surface area contributed by atoms with Crippen LogP contribution in [-0.4, -0.2) is 57.7 Å². The van der Waals surface area contributed by atoms with Crippen LogP contribution in [0.5, 0.6) is 0 Å². The van der Waals surface area contributed by atoms with Gasteiger partial charge in [-0.1, -0.05) is 32.0 Å². The van der Waals surface area contributed by atoms with Crippen molar-refractivity contribution in [2.24, 2.45) is 5.92 Å². The van der Waals surface area contributed by atoms with E-state index >= 15 is 0 Å². The number of carbonyl (C=O) groups is 2. The van der Waals surface area contributed by atoms with Gasteiger partial charge < -0.3 is 15.5 Å². The molecular weight excluding hydrogens is 382 g/mol. The molecule has 3 N–H and O–H groups in total. The summed E-state index contributed by atoms with van der Waals surface area (Å²) < 4.78 is 0. The number of carboxylic acids is 2. The maximum Gasteiger partial charge on any atom is 0.328 e. The first-order valence-corrected chi connectivity index (χ1v) is 10.3. The molecule has 7 heteroatoms. The maximum atomic E-state index is 9.55. The Kier molecular flexibility index (Phi) is 9.44. The minimum Gasteiger partial charge on any atom is -0.478 e. The molecule has 0 saturated carbocycles. The lowest BCUT2D eigenvalue weighted by atomic mass is 10.0. The third kappa shape index (κ3) is 8.31. The highest BCUT2D eigenvalue weighted by molar-refractivity contribution is 5.89. The van der Waals surface area contributed by atoms with E-state index in [1.165, 1.54) is 23.8 Å². The molecule has 0 atom stereocenters. The molecule has 2 heterocycles. The molecule has 162 valence electrons. The number of aromatic nitrogens is 1. The molecule has 1 fully saturated rings. The van der Waals surface area contributed by atoms with Crippen LogP contribution in [0.15, 0.2) is 48.7 Å². The number of fused-ring (bicyclic) bond motifs is 1. The van der Waals surface area contributed by atoms with Gasteiger partial charge in [-0.2, -0.15) is 0 Å². The molecule has 1 saturated heterocycles. The van der Waals surface area contributed by atoms with Crippen molar-refractivity contribution in [3.05, 3.63) is 54.2 Å². The normalized spacial score (nSPS) is 14.8. The summed E-state index contributed by atoms with van der Waals surface area (Å²) in [6, 6.07) is 11.4. The summed E-state index contributed by atoms with van der Waals surface area (Å²) >= 11 is 0. The van der Waals surface area contributed by atoms with Crippen LogP contribution in [-0.2, 0) is 16.1 Å². The number of nitrogens with one attached hydrogen (secondary N) is 1. The number of rotatable bonds is 7. The largest absolute Gasteiger partial charge is 0.478 e. The molecule has 0 bridgehead atoms. The predicted octanol–water partition coefficient (Wildman–Crippen LogP) is 3.16. The monoisotopic (exact) mass is 413 g/mol. The van der Waals surface area contributed by atoms with Crippen molar-refractivity contribution in [2.75, 3.05) is 19.6 Å². The fourth-order valence-electron chi connectivity index (χ4n) is 3.56. The van der Waals surface area contributed by atoms with Gasteiger partial charge in [0.2, 0.25) is 0 Å². The number of pyridine rings is 1. The highest BCUT2D eigenvalue weighted by atomic mass is 16.4. The predicted molar refractivity (Wildman–Crippen MR) is 117 cm³/mol. The highest BCUT2D eigenvalue weighted by Crippen LogP contribution is 2.19. The average molecular weight is 414 g/mol. The smallest absolute Gasteiger partial charge is 0.328 e. The van der Waals surface area contributed by atoms with E-state index in [1.807, 2.05) is 0 Å². The van der Waals surface area contributed by atoms with Crippen molar-refractivity contribution < 1.29 is 19.8 Å². The van der Waals surface area contributed by atoms with Crippen molar-refractivity contribution >= 4 is 22.8 Å². The van der Waals surface area contributed by atoms with Gasteiger partial charge in [0.1, 0.15) is 0 Å². The Balaban J connectivity index is 0.000000343. The van der Waals surface area contributed by atoms with E-state index in [0.717, 1.165) is 31.7 Å². The SMILES string of the molecule is CC(C)CN(Cc1cnc2ccccc2c1)C1CCNCC1.O=C(O)/C=C/C(=O)O. The summed E-state index contributed by atoms with van der Waals surface area (Å²) in [7, 11) is 0. The molecule has 1 aliphatic rings. The zero-order chi connectivity index (χ0) is 21.9. The molecular formula is C23H31N3O4. The summed E-state index contributed by atoms with van der Waals surface area (Å²) in [5.74, 6) is -1.82. The van der Waals surface area contributed by atoms with Gasteiger partial charge >= 0.3 is 11.9 Å². The average Bonchev–Trinajstić information content (AvgIpc) is 2.72. The van der Waals surface area contributed by atoms with E-state index in [1.54, 1.807) is 0 Å². The van der Waals surface area contributed by atoms with Crippen LogP contribution in [0.25, 0.3) is 10.9 Å². The Morgan fingerprint density at radius 3 is 2.40 bits per heavy atom. The minimum atomic E-state index is -1.26. The number of aliphatic carboxylic acids is 2. The zero-order valence-corrected chi connectivity index (χ0v) is 17.6. The summed E-state index contributed by atoms with van der Waals surface area (Å²) in [6.07, 6.45) is 5.68. The second-order valence-electron chi connectivity index (χ2n) is 7.85. The molecule has 0 aliphatic carbocycles. The minimum absolute atomic E-state index is 0.558.